The molecule has 0 radical (unpaired) electrons. The third-order valence-corrected chi connectivity index (χ3v) is 3.20. The molecule has 5 heteroatoms. The molecule has 1 aliphatic rings. The molecule has 0 amide bonds. The van der Waals surface area contributed by atoms with Crippen LogP contribution in [0, 0.1) is 0 Å². The molecule has 5 nitrogen and oxygen atoms in total. The van der Waals surface area contributed by atoms with Crippen molar-refractivity contribution in [3.05, 3.63) is 36.8 Å². The summed E-state index contributed by atoms with van der Waals surface area (Å²) in [5.74, 6) is 0.843. The van der Waals surface area contributed by atoms with Crippen LogP contribution < -0.4 is 10.6 Å². The maximum atomic E-state index is 4.41. The fourth-order valence-corrected chi connectivity index (χ4v) is 2.21. The Morgan fingerprint density at radius 2 is 2.17 bits per heavy atom. The summed E-state index contributed by atoms with van der Waals surface area (Å²) in [5.41, 5.74) is 1.08. The van der Waals surface area contributed by atoms with Crippen LogP contribution in [0.1, 0.15) is 12.8 Å². The lowest BCUT2D eigenvalue weighted by Crippen LogP contribution is -2.35. The number of hydrogen-bond acceptors (Lipinski definition) is 4. The highest BCUT2D eigenvalue weighted by Crippen LogP contribution is 2.13. The number of rotatable bonds is 3. The summed E-state index contributed by atoms with van der Waals surface area (Å²) in [6, 6.07) is 6.49. The Morgan fingerprint density at radius 1 is 1.28 bits per heavy atom. The highest BCUT2D eigenvalue weighted by Gasteiger charge is 2.12. The van der Waals surface area contributed by atoms with Crippen molar-refractivity contribution in [2.75, 3.05) is 18.4 Å². The topological polar surface area (TPSA) is 54.8 Å². The Morgan fingerprint density at radius 3 is 2.83 bits per heavy atom. The standard InChI is InChI=1S/C13H17N5/c1-6-16-18(9-1)13-3-2-12(10-15-13)17-11-4-7-14-8-5-11/h1-3,6,9-11,14,17H,4-5,7-8H2. The second kappa shape index (κ2) is 5.18. The van der Waals surface area contributed by atoms with Gasteiger partial charge in [-0.2, -0.15) is 5.10 Å². The Kier molecular flexibility index (Phi) is 3.23. The van der Waals surface area contributed by atoms with Crippen molar-refractivity contribution in [2.45, 2.75) is 18.9 Å². The van der Waals surface area contributed by atoms with Crippen LogP contribution in [-0.2, 0) is 0 Å². The molecule has 2 N–H and O–H groups in total. The summed E-state index contributed by atoms with van der Waals surface area (Å²) in [7, 11) is 0. The minimum atomic E-state index is 0.559. The molecular formula is C13H17N5. The summed E-state index contributed by atoms with van der Waals surface area (Å²) >= 11 is 0. The van der Waals surface area contributed by atoms with E-state index in [9.17, 15) is 0 Å². The Balaban J connectivity index is 1.67. The molecule has 2 aromatic heterocycles. The lowest BCUT2D eigenvalue weighted by atomic mass is 10.1. The van der Waals surface area contributed by atoms with Crippen molar-refractivity contribution in [1.29, 1.82) is 0 Å². The van der Waals surface area contributed by atoms with Gasteiger partial charge in [-0.3, -0.25) is 0 Å². The predicted octanol–water partition coefficient (Wildman–Crippen LogP) is 1.43. The quantitative estimate of drug-likeness (QED) is 0.856. The first-order chi connectivity index (χ1) is 8.92. The minimum absolute atomic E-state index is 0.559. The van der Waals surface area contributed by atoms with E-state index in [0.717, 1.165) is 24.6 Å². The summed E-state index contributed by atoms with van der Waals surface area (Å²) in [5, 5.41) is 11.0. The average molecular weight is 243 g/mol. The maximum Gasteiger partial charge on any atom is 0.153 e. The van der Waals surface area contributed by atoms with Crippen LogP contribution in [0.5, 0.6) is 0 Å². The van der Waals surface area contributed by atoms with Gasteiger partial charge in [0.15, 0.2) is 5.82 Å². The second-order valence-electron chi connectivity index (χ2n) is 4.52. The van der Waals surface area contributed by atoms with Gasteiger partial charge in [0.2, 0.25) is 0 Å². The molecular weight excluding hydrogens is 226 g/mol. The molecule has 18 heavy (non-hydrogen) atoms. The van der Waals surface area contributed by atoms with Crippen LogP contribution in [0.3, 0.4) is 0 Å². The van der Waals surface area contributed by atoms with E-state index in [0.29, 0.717) is 6.04 Å². The molecule has 0 atom stereocenters. The predicted molar refractivity (Wildman–Crippen MR) is 70.9 cm³/mol. The smallest absolute Gasteiger partial charge is 0.153 e. The fraction of sp³-hybridized carbons (Fsp3) is 0.385. The van der Waals surface area contributed by atoms with E-state index in [1.54, 1.807) is 10.9 Å². The Labute approximate surface area is 106 Å². The molecule has 0 aromatic carbocycles. The van der Waals surface area contributed by atoms with Crippen molar-refractivity contribution in [2.24, 2.45) is 0 Å². The number of aromatic nitrogens is 3. The van der Waals surface area contributed by atoms with E-state index < -0.39 is 0 Å². The van der Waals surface area contributed by atoms with E-state index in [4.69, 9.17) is 0 Å². The van der Waals surface area contributed by atoms with Crippen LogP contribution in [0.2, 0.25) is 0 Å². The number of nitrogens with zero attached hydrogens (tertiary/aromatic N) is 3. The molecule has 0 bridgehead atoms. The first kappa shape index (κ1) is 11.2. The van der Waals surface area contributed by atoms with Gasteiger partial charge in [0, 0.05) is 18.4 Å². The van der Waals surface area contributed by atoms with Gasteiger partial charge in [-0.25, -0.2) is 9.67 Å². The maximum absolute atomic E-state index is 4.41. The van der Waals surface area contributed by atoms with Gasteiger partial charge in [0.1, 0.15) is 0 Å². The van der Waals surface area contributed by atoms with Crippen LogP contribution in [0.15, 0.2) is 36.8 Å². The van der Waals surface area contributed by atoms with Crippen LogP contribution in [-0.4, -0.2) is 33.9 Å². The van der Waals surface area contributed by atoms with Gasteiger partial charge in [-0.05, 0) is 44.1 Å². The largest absolute Gasteiger partial charge is 0.381 e. The van der Waals surface area contributed by atoms with Crippen molar-refractivity contribution in [3.8, 4) is 5.82 Å². The Hall–Kier alpha value is -1.88. The third-order valence-electron chi connectivity index (χ3n) is 3.20. The molecule has 94 valence electrons. The summed E-state index contributed by atoms with van der Waals surface area (Å²) in [4.78, 5) is 4.41. The molecule has 2 aromatic rings. The van der Waals surface area contributed by atoms with E-state index in [1.165, 1.54) is 12.8 Å². The molecule has 1 saturated heterocycles. The first-order valence-corrected chi connectivity index (χ1v) is 6.35. The highest BCUT2D eigenvalue weighted by molar-refractivity contribution is 5.44. The zero-order valence-corrected chi connectivity index (χ0v) is 10.2. The number of piperidine rings is 1. The average Bonchev–Trinajstić information content (AvgIpc) is 2.95. The Bertz CT molecular complexity index is 471. The SMILES string of the molecule is c1cnn(-c2ccc(NC3CCNCC3)cn2)c1. The van der Waals surface area contributed by atoms with Gasteiger partial charge in [-0.1, -0.05) is 0 Å². The van der Waals surface area contributed by atoms with E-state index in [1.807, 2.05) is 24.5 Å². The van der Waals surface area contributed by atoms with E-state index in [2.05, 4.69) is 26.8 Å². The molecule has 0 unspecified atom stereocenters. The first-order valence-electron chi connectivity index (χ1n) is 6.35. The van der Waals surface area contributed by atoms with Crippen molar-refractivity contribution in [3.63, 3.8) is 0 Å². The number of nitrogens with one attached hydrogen (secondary N) is 2. The number of hydrogen-bond donors (Lipinski definition) is 2. The zero-order chi connectivity index (χ0) is 12.2. The third kappa shape index (κ3) is 2.51. The van der Waals surface area contributed by atoms with Crippen molar-refractivity contribution < 1.29 is 0 Å². The van der Waals surface area contributed by atoms with Crippen LogP contribution in [0.4, 0.5) is 5.69 Å². The molecule has 0 aliphatic carbocycles. The van der Waals surface area contributed by atoms with Gasteiger partial charge in [0.25, 0.3) is 0 Å². The second-order valence-corrected chi connectivity index (χ2v) is 4.52. The lowest BCUT2D eigenvalue weighted by Gasteiger charge is -2.24. The van der Waals surface area contributed by atoms with Crippen LogP contribution in [0.25, 0.3) is 5.82 Å². The molecule has 1 fully saturated rings. The van der Waals surface area contributed by atoms with Crippen LogP contribution >= 0.6 is 0 Å². The van der Waals surface area contributed by atoms with Gasteiger partial charge in [0.05, 0.1) is 11.9 Å². The monoisotopic (exact) mass is 243 g/mol. The normalized spacial score (nSPS) is 16.7. The molecule has 0 saturated carbocycles. The van der Waals surface area contributed by atoms with Gasteiger partial charge >= 0.3 is 0 Å². The van der Waals surface area contributed by atoms with Crippen molar-refractivity contribution >= 4 is 5.69 Å². The van der Waals surface area contributed by atoms with E-state index >= 15 is 0 Å². The van der Waals surface area contributed by atoms with Gasteiger partial charge in [-0.15, -0.1) is 0 Å². The summed E-state index contributed by atoms with van der Waals surface area (Å²) < 4.78 is 1.76. The molecule has 3 rings (SSSR count). The summed E-state index contributed by atoms with van der Waals surface area (Å²) in [6.45, 7) is 2.19. The van der Waals surface area contributed by atoms with E-state index in [-0.39, 0.29) is 0 Å². The summed E-state index contributed by atoms with van der Waals surface area (Å²) in [6.07, 6.45) is 7.85. The zero-order valence-electron chi connectivity index (χ0n) is 10.2. The molecule has 1 aliphatic heterocycles. The molecule has 0 spiro atoms. The number of anilines is 1. The number of pyridine rings is 1. The highest BCUT2D eigenvalue weighted by atomic mass is 15.3. The minimum Gasteiger partial charge on any atom is -0.381 e. The fourth-order valence-electron chi connectivity index (χ4n) is 2.21. The van der Waals surface area contributed by atoms with Gasteiger partial charge < -0.3 is 10.6 Å². The van der Waals surface area contributed by atoms with Crippen molar-refractivity contribution in [1.82, 2.24) is 20.1 Å². The lowest BCUT2D eigenvalue weighted by molar-refractivity contribution is 0.479. The molecule has 3 heterocycles.